The first-order valence-corrected chi connectivity index (χ1v) is 7.83. The summed E-state index contributed by atoms with van der Waals surface area (Å²) in [5.74, 6) is 0.748. The second-order valence-electron chi connectivity index (χ2n) is 6.83. The lowest BCUT2D eigenvalue weighted by Gasteiger charge is -2.34. The van der Waals surface area contributed by atoms with Crippen molar-refractivity contribution in [2.45, 2.75) is 52.2 Å². The number of nitrogens with zero attached hydrogens (tertiary/aromatic N) is 1. The third kappa shape index (κ3) is 3.18. The minimum absolute atomic E-state index is 0.280. The van der Waals surface area contributed by atoms with Gasteiger partial charge in [-0.15, -0.1) is 0 Å². The Morgan fingerprint density at radius 2 is 1.95 bits per heavy atom. The van der Waals surface area contributed by atoms with Gasteiger partial charge in [0, 0.05) is 11.9 Å². The van der Waals surface area contributed by atoms with E-state index in [1.807, 2.05) is 18.2 Å². The molecule has 0 spiro atoms. The maximum absolute atomic E-state index is 6.24. The van der Waals surface area contributed by atoms with Gasteiger partial charge in [-0.25, -0.2) is 4.98 Å². The molecule has 112 valence electrons. The van der Waals surface area contributed by atoms with Crippen LogP contribution in [0.4, 0.5) is 0 Å². The number of hydrogen-bond acceptors (Lipinski definition) is 3. The van der Waals surface area contributed by atoms with Crippen LogP contribution < -0.4 is 10.5 Å². The molecule has 3 heteroatoms. The van der Waals surface area contributed by atoms with Crippen molar-refractivity contribution in [3.8, 4) is 5.88 Å². The van der Waals surface area contributed by atoms with Crippen LogP contribution in [0.1, 0.15) is 45.2 Å². The van der Waals surface area contributed by atoms with E-state index in [0.29, 0.717) is 12.0 Å². The van der Waals surface area contributed by atoms with Gasteiger partial charge in [0.05, 0.1) is 5.69 Å². The van der Waals surface area contributed by atoms with Crippen molar-refractivity contribution >= 4 is 10.8 Å². The zero-order chi connectivity index (χ0) is 14.9. The predicted molar refractivity (Wildman–Crippen MR) is 86.3 cm³/mol. The van der Waals surface area contributed by atoms with E-state index in [9.17, 15) is 0 Å². The third-order valence-corrected chi connectivity index (χ3v) is 4.53. The quantitative estimate of drug-likeness (QED) is 0.925. The number of benzene rings is 1. The molecule has 0 atom stereocenters. The Morgan fingerprint density at radius 1 is 1.24 bits per heavy atom. The van der Waals surface area contributed by atoms with Crippen LogP contribution in [-0.2, 0) is 6.54 Å². The van der Waals surface area contributed by atoms with Crippen LogP contribution in [0.25, 0.3) is 10.8 Å². The molecule has 0 saturated heterocycles. The topological polar surface area (TPSA) is 48.1 Å². The van der Waals surface area contributed by atoms with E-state index in [-0.39, 0.29) is 6.10 Å². The van der Waals surface area contributed by atoms with Gasteiger partial charge in [0.2, 0.25) is 5.88 Å². The zero-order valence-corrected chi connectivity index (χ0v) is 12.9. The number of rotatable bonds is 3. The molecule has 3 nitrogen and oxygen atoms in total. The highest BCUT2D eigenvalue weighted by atomic mass is 16.5. The molecule has 1 saturated carbocycles. The van der Waals surface area contributed by atoms with Crippen molar-refractivity contribution in [2.24, 2.45) is 11.1 Å². The molecule has 1 aliphatic rings. The fourth-order valence-corrected chi connectivity index (χ4v) is 3.06. The second-order valence-corrected chi connectivity index (χ2v) is 6.83. The summed E-state index contributed by atoms with van der Waals surface area (Å²) in [5, 5.41) is 2.23. The molecular formula is C18H24N2O. The number of hydrogen-bond donors (Lipinski definition) is 1. The molecule has 0 unspecified atom stereocenters. The van der Waals surface area contributed by atoms with Crippen molar-refractivity contribution in [1.29, 1.82) is 0 Å². The van der Waals surface area contributed by atoms with Crippen molar-refractivity contribution in [3.63, 3.8) is 0 Å². The third-order valence-electron chi connectivity index (χ3n) is 4.53. The lowest BCUT2D eigenvalue weighted by Crippen LogP contribution is -2.28. The molecule has 1 fully saturated rings. The predicted octanol–water partition coefficient (Wildman–Crippen LogP) is 4.04. The summed E-state index contributed by atoms with van der Waals surface area (Å²) >= 11 is 0. The number of aromatic nitrogens is 1. The summed E-state index contributed by atoms with van der Waals surface area (Å²) < 4.78 is 6.24. The maximum atomic E-state index is 6.24. The Hall–Kier alpha value is -1.61. The summed E-state index contributed by atoms with van der Waals surface area (Å²) in [6.45, 7) is 5.12. The molecule has 1 aromatic heterocycles. The fourth-order valence-electron chi connectivity index (χ4n) is 3.06. The van der Waals surface area contributed by atoms with Gasteiger partial charge in [-0.3, -0.25) is 0 Å². The maximum Gasteiger partial charge on any atom is 0.221 e. The number of fused-ring (bicyclic) bond motifs is 1. The number of nitrogens with two attached hydrogens (primary N) is 1. The van der Waals surface area contributed by atoms with Gasteiger partial charge < -0.3 is 10.5 Å². The molecule has 1 heterocycles. The Morgan fingerprint density at radius 3 is 2.67 bits per heavy atom. The highest BCUT2D eigenvalue weighted by Crippen LogP contribution is 2.37. The van der Waals surface area contributed by atoms with Crippen LogP contribution in [0.3, 0.4) is 0 Å². The zero-order valence-electron chi connectivity index (χ0n) is 12.9. The van der Waals surface area contributed by atoms with Crippen LogP contribution >= 0.6 is 0 Å². The van der Waals surface area contributed by atoms with E-state index < -0.39 is 0 Å². The van der Waals surface area contributed by atoms with E-state index in [4.69, 9.17) is 10.5 Å². The molecule has 2 N–H and O–H groups in total. The van der Waals surface area contributed by atoms with E-state index >= 15 is 0 Å². The number of ether oxygens (including phenoxy) is 1. The summed E-state index contributed by atoms with van der Waals surface area (Å²) in [5.41, 5.74) is 7.10. The largest absolute Gasteiger partial charge is 0.474 e. The summed E-state index contributed by atoms with van der Waals surface area (Å²) in [7, 11) is 0. The number of pyridine rings is 1. The standard InChI is InChI=1S/C18H24N2O/c1-18(2)9-7-15(8-10-18)21-17-16-6-4-3-5-13(16)11-14(12-19)20-17/h3-6,11,15H,7-10,12,19H2,1-2H3. The molecule has 2 aromatic rings. The van der Waals surface area contributed by atoms with Crippen molar-refractivity contribution in [1.82, 2.24) is 4.98 Å². The lowest BCUT2D eigenvalue weighted by molar-refractivity contribution is 0.0961. The molecule has 3 rings (SSSR count). The molecular weight excluding hydrogens is 260 g/mol. The molecule has 21 heavy (non-hydrogen) atoms. The van der Waals surface area contributed by atoms with Gasteiger partial charge >= 0.3 is 0 Å². The van der Waals surface area contributed by atoms with Crippen molar-refractivity contribution in [3.05, 3.63) is 36.0 Å². The molecule has 0 amide bonds. The van der Waals surface area contributed by atoms with E-state index in [2.05, 4.69) is 31.0 Å². The van der Waals surface area contributed by atoms with E-state index in [0.717, 1.165) is 35.2 Å². The molecule has 0 radical (unpaired) electrons. The Kier molecular flexibility index (Phi) is 3.85. The lowest BCUT2D eigenvalue weighted by atomic mass is 9.76. The highest BCUT2D eigenvalue weighted by Gasteiger charge is 2.28. The monoisotopic (exact) mass is 284 g/mol. The minimum Gasteiger partial charge on any atom is -0.474 e. The van der Waals surface area contributed by atoms with E-state index in [1.54, 1.807) is 0 Å². The van der Waals surface area contributed by atoms with Gasteiger partial charge in [0.15, 0.2) is 0 Å². The first-order chi connectivity index (χ1) is 10.1. The minimum atomic E-state index is 0.280. The van der Waals surface area contributed by atoms with Crippen LogP contribution in [0, 0.1) is 5.41 Å². The van der Waals surface area contributed by atoms with Crippen LogP contribution in [0.2, 0.25) is 0 Å². The fraction of sp³-hybridized carbons (Fsp3) is 0.500. The summed E-state index contributed by atoms with van der Waals surface area (Å²) in [6, 6.07) is 10.3. The van der Waals surface area contributed by atoms with Gasteiger partial charge in [-0.2, -0.15) is 0 Å². The SMILES string of the molecule is CC1(C)CCC(Oc2nc(CN)cc3ccccc23)CC1. The first-order valence-electron chi connectivity index (χ1n) is 7.83. The molecule has 0 bridgehead atoms. The Bertz CT molecular complexity index is 626. The van der Waals surface area contributed by atoms with E-state index in [1.165, 1.54) is 12.8 Å². The average Bonchev–Trinajstić information content (AvgIpc) is 2.49. The molecule has 0 aliphatic heterocycles. The smallest absolute Gasteiger partial charge is 0.221 e. The van der Waals surface area contributed by atoms with Crippen molar-refractivity contribution < 1.29 is 4.74 Å². The van der Waals surface area contributed by atoms with Gasteiger partial charge in [-0.05, 0) is 48.6 Å². The normalized spacial score (nSPS) is 18.8. The van der Waals surface area contributed by atoms with Crippen LogP contribution in [-0.4, -0.2) is 11.1 Å². The molecule has 1 aromatic carbocycles. The summed E-state index contributed by atoms with van der Waals surface area (Å²) in [4.78, 5) is 4.60. The first kappa shape index (κ1) is 14.3. The van der Waals surface area contributed by atoms with Crippen LogP contribution in [0.5, 0.6) is 5.88 Å². The van der Waals surface area contributed by atoms with Gasteiger partial charge in [-0.1, -0.05) is 32.0 Å². The van der Waals surface area contributed by atoms with Crippen molar-refractivity contribution in [2.75, 3.05) is 0 Å². The van der Waals surface area contributed by atoms with Crippen LogP contribution in [0.15, 0.2) is 30.3 Å². The second kappa shape index (κ2) is 5.64. The Labute approximate surface area is 126 Å². The molecule has 1 aliphatic carbocycles. The summed E-state index contributed by atoms with van der Waals surface area (Å²) in [6.07, 6.45) is 4.92. The Balaban J connectivity index is 1.86. The highest BCUT2D eigenvalue weighted by molar-refractivity contribution is 5.87. The van der Waals surface area contributed by atoms with Gasteiger partial charge in [0.1, 0.15) is 6.10 Å². The average molecular weight is 284 g/mol. The van der Waals surface area contributed by atoms with Gasteiger partial charge in [0.25, 0.3) is 0 Å².